The molecule has 11 atom stereocenters. The number of methoxy groups -OCH3 is 1. The summed E-state index contributed by atoms with van der Waals surface area (Å²) in [5, 5.41) is 26.2. The van der Waals surface area contributed by atoms with E-state index in [4.69, 9.17) is 9.57 Å². The van der Waals surface area contributed by atoms with Gasteiger partial charge in [-0.3, -0.25) is 14.4 Å². The number of hydrogen-bond donors (Lipinski definition) is 3. The number of nitrogens with zero attached hydrogens (tertiary/aromatic N) is 2. The standard InChI is InChI=1S/C34H59N3O6/c1-19-26-15-24(34(26,3)4)16-27(19)35-32(40)30-29(20(2)39)28(18-38)43-37(30)17-23-9-8-10-25(31(23)42-7)21-11-13-22(14-12-21)33(41)36(5)6/h19-31,38-39H,8-18H2,1-7H3,(H,35,40)/t19-,20-,21?,22?,23?,24+,25?,26-,27-,28-,29+,30-,31?/m0/s1. The smallest absolute Gasteiger partial charge is 0.240 e. The van der Waals surface area contributed by atoms with Crippen LogP contribution in [0.25, 0.3) is 0 Å². The molecule has 6 rings (SSSR count). The van der Waals surface area contributed by atoms with E-state index in [-0.39, 0.29) is 42.4 Å². The van der Waals surface area contributed by atoms with Gasteiger partial charge in [-0.1, -0.05) is 27.2 Å². The van der Waals surface area contributed by atoms with Gasteiger partial charge in [0.1, 0.15) is 12.1 Å². The maximum absolute atomic E-state index is 14.1. The van der Waals surface area contributed by atoms with Crippen LogP contribution < -0.4 is 5.32 Å². The van der Waals surface area contributed by atoms with Gasteiger partial charge in [0.15, 0.2) is 0 Å². The summed E-state index contributed by atoms with van der Waals surface area (Å²) in [6.45, 7) is 8.98. The van der Waals surface area contributed by atoms with Crippen LogP contribution in [-0.2, 0) is 19.2 Å². The summed E-state index contributed by atoms with van der Waals surface area (Å²) in [5.41, 5.74) is 0.334. The average molecular weight is 606 g/mol. The summed E-state index contributed by atoms with van der Waals surface area (Å²) in [6.07, 6.45) is 8.00. The number of hydrogen-bond acceptors (Lipinski definition) is 7. The van der Waals surface area contributed by atoms with E-state index in [9.17, 15) is 19.8 Å². The van der Waals surface area contributed by atoms with Crippen LogP contribution in [0.1, 0.15) is 85.5 Å². The van der Waals surface area contributed by atoms with Crippen LogP contribution in [-0.4, -0.2) is 96.7 Å². The number of amides is 2. The van der Waals surface area contributed by atoms with E-state index in [0.29, 0.717) is 41.5 Å². The van der Waals surface area contributed by atoms with Gasteiger partial charge in [-0.2, -0.15) is 5.06 Å². The molecule has 9 heteroatoms. The van der Waals surface area contributed by atoms with Crippen LogP contribution in [0.5, 0.6) is 0 Å². The van der Waals surface area contributed by atoms with Gasteiger partial charge in [-0.25, -0.2) is 0 Å². The number of carbonyl (C=O) groups excluding carboxylic acids is 2. The summed E-state index contributed by atoms with van der Waals surface area (Å²) in [6, 6.07) is -0.546. The second kappa shape index (κ2) is 13.2. The number of hydroxylamine groups is 2. The minimum atomic E-state index is -0.800. The lowest BCUT2D eigenvalue weighted by molar-refractivity contribution is -0.193. The largest absolute Gasteiger partial charge is 0.394 e. The van der Waals surface area contributed by atoms with Crippen molar-refractivity contribution in [2.75, 3.05) is 34.4 Å². The Morgan fingerprint density at radius 3 is 2.37 bits per heavy atom. The Balaban J connectivity index is 1.28. The fourth-order valence-electron chi connectivity index (χ4n) is 10.3. The molecule has 3 unspecified atom stereocenters. The first kappa shape index (κ1) is 33.1. The zero-order valence-corrected chi connectivity index (χ0v) is 27.7. The Morgan fingerprint density at radius 2 is 1.81 bits per heavy atom. The highest BCUT2D eigenvalue weighted by Gasteiger charge is 2.57. The first-order chi connectivity index (χ1) is 20.4. The molecule has 246 valence electrons. The maximum Gasteiger partial charge on any atom is 0.240 e. The Morgan fingerprint density at radius 1 is 1.12 bits per heavy atom. The molecule has 1 saturated heterocycles. The molecule has 43 heavy (non-hydrogen) atoms. The van der Waals surface area contributed by atoms with Gasteiger partial charge in [0.05, 0.1) is 18.8 Å². The zero-order chi connectivity index (χ0) is 31.2. The maximum atomic E-state index is 14.1. The minimum Gasteiger partial charge on any atom is -0.394 e. The Kier molecular flexibility index (Phi) is 10.2. The lowest BCUT2D eigenvalue weighted by Gasteiger charge is -2.62. The van der Waals surface area contributed by atoms with Gasteiger partial charge >= 0.3 is 0 Å². The van der Waals surface area contributed by atoms with Crippen LogP contribution in [0, 0.1) is 52.8 Å². The van der Waals surface area contributed by atoms with Crippen molar-refractivity contribution in [1.82, 2.24) is 15.3 Å². The number of fused-ring (bicyclic) bond motifs is 2. The van der Waals surface area contributed by atoms with Crippen LogP contribution in [0.2, 0.25) is 0 Å². The zero-order valence-electron chi connectivity index (χ0n) is 27.7. The van der Waals surface area contributed by atoms with E-state index in [2.05, 4.69) is 26.1 Å². The third-order valence-corrected chi connectivity index (χ3v) is 12.9. The molecule has 1 aliphatic heterocycles. The normalized spacial score (nSPS) is 43.5. The highest BCUT2D eigenvalue weighted by Crippen LogP contribution is 2.61. The van der Waals surface area contributed by atoms with Crippen LogP contribution >= 0.6 is 0 Å². The van der Waals surface area contributed by atoms with Gasteiger partial charge < -0.3 is 25.2 Å². The quantitative estimate of drug-likeness (QED) is 0.369. The van der Waals surface area contributed by atoms with E-state index >= 15 is 0 Å². The monoisotopic (exact) mass is 605 g/mol. The molecule has 0 aromatic heterocycles. The molecule has 6 aliphatic rings. The highest BCUT2D eigenvalue weighted by atomic mass is 16.7. The number of aliphatic hydroxyl groups is 2. The van der Waals surface area contributed by atoms with Crippen molar-refractivity contribution in [3.05, 3.63) is 0 Å². The third-order valence-electron chi connectivity index (χ3n) is 12.9. The van der Waals surface area contributed by atoms with E-state index in [1.807, 2.05) is 14.1 Å². The van der Waals surface area contributed by atoms with Crippen LogP contribution in [0.3, 0.4) is 0 Å². The van der Waals surface area contributed by atoms with Crippen LogP contribution in [0.15, 0.2) is 0 Å². The number of rotatable bonds is 9. The average Bonchev–Trinajstić information content (AvgIpc) is 3.36. The molecule has 9 nitrogen and oxygen atoms in total. The summed E-state index contributed by atoms with van der Waals surface area (Å²) in [5.74, 6) is 2.52. The molecule has 6 fully saturated rings. The molecule has 2 amide bonds. The van der Waals surface area contributed by atoms with Gasteiger partial charge in [-0.05, 0) is 93.3 Å². The molecule has 2 bridgehead atoms. The SMILES string of the molecule is COC1C(CN2O[C@@H](CO)[C@@H]([C@H](C)O)[C@H]2C(=O)N[C@H]2C[C@H]3C[C@@H]([C@@H]2C)C3(C)C)CCCC1C1CCC(C(=O)N(C)C)CC1. The van der Waals surface area contributed by atoms with E-state index in [1.54, 1.807) is 24.0 Å². The molecular formula is C34H59N3O6. The van der Waals surface area contributed by atoms with Crippen molar-refractivity contribution in [1.29, 1.82) is 0 Å². The van der Waals surface area contributed by atoms with E-state index in [0.717, 1.165) is 51.4 Å². The van der Waals surface area contributed by atoms with Crippen molar-refractivity contribution in [2.24, 2.45) is 52.8 Å². The lowest BCUT2D eigenvalue weighted by atomic mass is 9.45. The lowest BCUT2D eigenvalue weighted by Crippen LogP contribution is -2.62. The first-order valence-electron chi connectivity index (χ1n) is 17.2. The predicted molar refractivity (Wildman–Crippen MR) is 164 cm³/mol. The topological polar surface area (TPSA) is 112 Å². The fourth-order valence-corrected chi connectivity index (χ4v) is 10.3. The van der Waals surface area contributed by atoms with Gasteiger partial charge in [0.2, 0.25) is 11.8 Å². The summed E-state index contributed by atoms with van der Waals surface area (Å²) in [7, 11) is 5.49. The summed E-state index contributed by atoms with van der Waals surface area (Å²) >= 11 is 0. The molecule has 0 spiro atoms. The van der Waals surface area contributed by atoms with Gasteiger partial charge in [0.25, 0.3) is 0 Å². The molecule has 1 heterocycles. The molecule has 0 aromatic rings. The molecule has 5 saturated carbocycles. The first-order valence-corrected chi connectivity index (χ1v) is 17.2. The summed E-state index contributed by atoms with van der Waals surface area (Å²) < 4.78 is 6.23. The second-order valence-electron chi connectivity index (χ2n) is 15.7. The Hall–Kier alpha value is -1.26. The molecule has 0 radical (unpaired) electrons. The minimum absolute atomic E-state index is 0.0399. The highest BCUT2D eigenvalue weighted by molar-refractivity contribution is 5.83. The molecular weight excluding hydrogens is 546 g/mol. The van der Waals surface area contributed by atoms with Crippen LogP contribution in [0.4, 0.5) is 0 Å². The predicted octanol–water partition coefficient (Wildman–Crippen LogP) is 3.47. The number of carbonyl (C=O) groups is 2. The fraction of sp³-hybridized carbons (Fsp3) is 0.941. The number of ether oxygens (including phenoxy) is 1. The van der Waals surface area contributed by atoms with Crippen molar-refractivity contribution in [3.63, 3.8) is 0 Å². The second-order valence-corrected chi connectivity index (χ2v) is 15.7. The molecule has 0 aromatic carbocycles. The summed E-state index contributed by atoms with van der Waals surface area (Å²) in [4.78, 5) is 34.7. The van der Waals surface area contributed by atoms with Crippen molar-refractivity contribution >= 4 is 11.8 Å². The van der Waals surface area contributed by atoms with Crippen molar-refractivity contribution < 1.29 is 29.4 Å². The van der Waals surface area contributed by atoms with E-state index in [1.165, 1.54) is 6.42 Å². The Labute approximate surface area is 259 Å². The molecule has 3 N–H and O–H groups in total. The third kappa shape index (κ3) is 6.27. The van der Waals surface area contributed by atoms with Gasteiger partial charge in [0, 0.05) is 51.5 Å². The molecule has 5 aliphatic carbocycles. The van der Waals surface area contributed by atoms with E-state index < -0.39 is 24.2 Å². The van der Waals surface area contributed by atoms with Crippen molar-refractivity contribution in [3.8, 4) is 0 Å². The van der Waals surface area contributed by atoms with Gasteiger partial charge in [-0.15, -0.1) is 0 Å². The Bertz CT molecular complexity index is 981. The van der Waals surface area contributed by atoms with Crippen molar-refractivity contribution in [2.45, 2.75) is 116 Å². The number of aliphatic hydroxyl groups excluding tert-OH is 2. The number of nitrogens with one attached hydrogen (secondary N) is 1.